The first-order valence-electron chi connectivity index (χ1n) is 5.59. The summed E-state index contributed by atoms with van der Waals surface area (Å²) in [4.78, 5) is 11.9. The lowest BCUT2D eigenvalue weighted by molar-refractivity contribution is -0.171. The predicted molar refractivity (Wildman–Crippen MR) is 80.5 cm³/mol. The lowest BCUT2D eigenvalue weighted by Gasteiger charge is -2.19. The Bertz CT molecular complexity index is 394. The second-order valence-corrected chi connectivity index (χ2v) is 5.69. The summed E-state index contributed by atoms with van der Waals surface area (Å²) < 4.78 is 11.2. The van der Waals surface area contributed by atoms with Crippen molar-refractivity contribution < 1.29 is 19.4 Å². The fourth-order valence-corrected chi connectivity index (χ4v) is 3.38. The maximum Gasteiger partial charge on any atom is 0.341 e. The molecule has 0 aromatic rings. The Morgan fingerprint density at radius 3 is 2.72 bits per heavy atom. The van der Waals surface area contributed by atoms with Crippen LogP contribution in [0.3, 0.4) is 0 Å². The van der Waals surface area contributed by atoms with E-state index < -0.39 is 17.9 Å². The van der Waals surface area contributed by atoms with Crippen molar-refractivity contribution >= 4 is 44.5 Å². The van der Waals surface area contributed by atoms with Gasteiger partial charge in [0.05, 0.1) is 20.2 Å². The summed E-state index contributed by atoms with van der Waals surface area (Å²) in [5.41, 5.74) is 0.346. The van der Waals surface area contributed by atoms with E-state index in [-0.39, 0.29) is 4.43 Å². The van der Waals surface area contributed by atoms with Crippen molar-refractivity contribution in [3.8, 4) is 0 Å². The minimum atomic E-state index is -1.57. The van der Waals surface area contributed by atoms with Crippen LogP contribution in [0.15, 0.2) is 22.4 Å². The van der Waals surface area contributed by atoms with E-state index in [0.717, 1.165) is 6.42 Å². The van der Waals surface area contributed by atoms with E-state index in [1.165, 1.54) is 0 Å². The van der Waals surface area contributed by atoms with Crippen LogP contribution in [0.4, 0.5) is 0 Å². The molecule has 0 radical (unpaired) electrons. The molecule has 0 aromatic carbocycles. The zero-order chi connectivity index (χ0) is 13.9. The van der Waals surface area contributed by atoms with Crippen LogP contribution >= 0.6 is 38.5 Å². The normalized spacial score (nSPS) is 25.1. The van der Waals surface area contributed by atoms with Crippen LogP contribution in [0.1, 0.15) is 26.7 Å². The molecule has 18 heavy (non-hydrogen) atoms. The van der Waals surface area contributed by atoms with Crippen LogP contribution < -0.4 is 0 Å². The molecule has 0 aromatic heterocycles. The number of hydrogen-bond acceptors (Lipinski definition) is 4. The van der Waals surface area contributed by atoms with Gasteiger partial charge < -0.3 is 14.6 Å². The molecule has 1 N–H and O–H groups in total. The highest BCUT2D eigenvalue weighted by molar-refractivity contribution is 14.1. The van der Waals surface area contributed by atoms with Gasteiger partial charge in [-0.2, -0.15) is 0 Å². The van der Waals surface area contributed by atoms with Gasteiger partial charge in [0.25, 0.3) is 5.79 Å². The summed E-state index contributed by atoms with van der Waals surface area (Å²) in [7, 11) is 0. The summed E-state index contributed by atoms with van der Waals surface area (Å²) in [6.45, 7) is 7.40. The molecule has 2 atom stereocenters. The lowest BCUT2D eigenvalue weighted by Crippen LogP contribution is -2.31. The van der Waals surface area contributed by atoms with Crippen LogP contribution in [0.5, 0.6) is 0 Å². The number of hydrogen-bond donors (Lipinski definition) is 1. The molecule has 0 fully saturated rings. The minimum absolute atomic E-state index is 0.256. The number of esters is 1. The Kier molecular flexibility index (Phi) is 5.67. The second kappa shape index (κ2) is 6.38. The average Bonchev–Trinajstić information content (AvgIpc) is 2.49. The number of cyclic esters (lactones) is 1. The van der Waals surface area contributed by atoms with Crippen LogP contribution in [-0.2, 0) is 14.3 Å². The molecule has 0 bridgehead atoms. The molecule has 1 heterocycles. The van der Waals surface area contributed by atoms with Crippen molar-refractivity contribution in [3.63, 3.8) is 0 Å². The molecular formula is C12H16BrIO4. The predicted octanol–water partition coefficient (Wildman–Crippen LogP) is 3.03. The summed E-state index contributed by atoms with van der Waals surface area (Å²) in [5, 5.41) is 10.1. The van der Waals surface area contributed by atoms with Gasteiger partial charge in [-0.1, -0.05) is 42.5 Å². The molecule has 1 aliphatic rings. The number of ether oxygens (including phenoxy) is 2. The number of alkyl halides is 1. The van der Waals surface area contributed by atoms with Gasteiger partial charge in [0.1, 0.15) is 6.10 Å². The highest BCUT2D eigenvalue weighted by Crippen LogP contribution is 2.39. The quantitative estimate of drug-likeness (QED) is 0.304. The van der Waals surface area contributed by atoms with E-state index in [0.29, 0.717) is 22.2 Å². The number of allylic oxidation sites excluding steroid dienone is 1. The molecule has 6 heteroatoms. The summed E-state index contributed by atoms with van der Waals surface area (Å²) >= 11 is 5.22. The molecule has 0 saturated heterocycles. The highest BCUT2D eigenvalue weighted by Gasteiger charge is 2.47. The van der Waals surface area contributed by atoms with Crippen LogP contribution in [0.2, 0.25) is 0 Å². The van der Waals surface area contributed by atoms with Gasteiger partial charge in [-0.3, -0.25) is 0 Å². The number of carbonyl (C=O) groups is 1. The zero-order valence-electron chi connectivity index (χ0n) is 10.3. The van der Waals surface area contributed by atoms with Gasteiger partial charge in [-0.05, 0) is 29.3 Å². The Labute approximate surface area is 129 Å². The number of carbonyl (C=O) groups excluding carboxylic acids is 1. The number of aliphatic hydroxyl groups is 1. The van der Waals surface area contributed by atoms with Crippen molar-refractivity contribution in [2.24, 2.45) is 0 Å². The van der Waals surface area contributed by atoms with Crippen molar-refractivity contribution in [2.75, 3.05) is 4.43 Å². The van der Waals surface area contributed by atoms with Gasteiger partial charge in [-0.15, -0.1) is 0 Å². The first kappa shape index (κ1) is 16.0. The molecule has 4 nitrogen and oxygen atoms in total. The fraction of sp³-hybridized carbons (Fsp3) is 0.583. The van der Waals surface area contributed by atoms with Gasteiger partial charge in [0, 0.05) is 0 Å². The smallest absolute Gasteiger partial charge is 0.341 e. The second-order valence-electron chi connectivity index (χ2n) is 4.13. The van der Waals surface area contributed by atoms with Gasteiger partial charge in [-0.25, -0.2) is 4.79 Å². The van der Waals surface area contributed by atoms with E-state index >= 15 is 0 Å². The summed E-state index contributed by atoms with van der Waals surface area (Å²) in [6.07, 6.45) is 1.06. The zero-order valence-corrected chi connectivity index (χ0v) is 14.1. The van der Waals surface area contributed by atoms with Crippen molar-refractivity contribution in [1.29, 1.82) is 0 Å². The van der Waals surface area contributed by atoms with E-state index in [1.807, 2.05) is 29.5 Å². The molecule has 0 saturated carbocycles. The summed E-state index contributed by atoms with van der Waals surface area (Å²) in [5.74, 6) is -1.59. The Balaban J connectivity index is 3.09. The molecule has 1 aliphatic heterocycles. The Morgan fingerprint density at radius 2 is 2.33 bits per heavy atom. The lowest BCUT2D eigenvalue weighted by atomic mass is 10.0. The minimum Gasteiger partial charge on any atom is -0.491 e. The number of halogens is 2. The standard InChI is InChI=1S/C12H16BrIO4/c1-4-5-8(17-7(2)3)9-10(13)12(16,6-14)18-11(9)15/h8,16H,2,4-6H2,1,3H3/t8-,12?/m1/s1. The average molecular weight is 431 g/mol. The molecule has 102 valence electrons. The molecule has 1 rings (SSSR count). The van der Waals surface area contributed by atoms with Crippen molar-refractivity contribution in [3.05, 3.63) is 22.4 Å². The third-order valence-electron chi connectivity index (χ3n) is 2.46. The number of rotatable bonds is 6. The third-order valence-corrected chi connectivity index (χ3v) is 4.54. The topological polar surface area (TPSA) is 55.8 Å². The van der Waals surface area contributed by atoms with Crippen LogP contribution in [-0.4, -0.2) is 27.4 Å². The van der Waals surface area contributed by atoms with E-state index in [9.17, 15) is 9.90 Å². The monoisotopic (exact) mass is 430 g/mol. The SMILES string of the molecule is C=C(C)O[C@H](CCC)C1=C(Br)C(O)(CI)OC1=O. The van der Waals surface area contributed by atoms with E-state index in [2.05, 4.69) is 22.5 Å². The summed E-state index contributed by atoms with van der Waals surface area (Å²) in [6, 6.07) is 0. The van der Waals surface area contributed by atoms with E-state index in [1.54, 1.807) is 6.92 Å². The van der Waals surface area contributed by atoms with Gasteiger partial charge in [0.2, 0.25) is 0 Å². The molecule has 0 aliphatic carbocycles. The van der Waals surface area contributed by atoms with Crippen molar-refractivity contribution in [1.82, 2.24) is 0 Å². The Morgan fingerprint density at radius 1 is 1.72 bits per heavy atom. The maximum atomic E-state index is 11.9. The molecule has 0 amide bonds. The van der Waals surface area contributed by atoms with Crippen molar-refractivity contribution in [2.45, 2.75) is 38.6 Å². The van der Waals surface area contributed by atoms with Crippen LogP contribution in [0.25, 0.3) is 0 Å². The third kappa shape index (κ3) is 3.27. The molecule has 1 unspecified atom stereocenters. The first-order valence-corrected chi connectivity index (χ1v) is 7.91. The first-order chi connectivity index (χ1) is 8.35. The van der Waals surface area contributed by atoms with Gasteiger partial charge in [0.15, 0.2) is 0 Å². The van der Waals surface area contributed by atoms with Crippen LogP contribution in [0, 0.1) is 0 Å². The molecule has 0 spiro atoms. The maximum absolute atomic E-state index is 11.9. The largest absolute Gasteiger partial charge is 0.491 e. The highest BCUT2D eigenvalue weighted by atomic mass is 127. The molecular weight excluding hydrogens is 415 g/mol. The van der Waals surface area contributed by atoms with Gasteiger partial charge >= 0.3 is 5.97 Å². The van der Waals surface area contributed by atoms with E-state index in [4.69, 9.17) is 9.47 Å². The fourth-order valence-electron chi connectivity index (χ4n) is 1.68. The Hall–Kier alpha value is -0.0800.